The van der Waals surface area contributed by atoms with Crippen LogP contribution in [0.25, 0.3) is 11.1 Å². The Morgan fingerprint density at radius 2 is 1.78 bits per heavy atom. The van der Waals surface area contributed by atoms with Crippen LogP contribution in [0, 0.1) is 0 Å². The minimum atomic E-state index is -1.12. The first-order valence-corrected chi connectivity index (χ1v) is 5.85. The normalized spacial score (nSPS) is 12.1. The fourth-order valence-corrected chi connectivity index (χ4v) is 1.95. The van der Waals surface area contributed by atoms with E-state index in [1.54, 1.807) is 12.1 Å². The Labute approximate surface area is 110 Å². The maximum absolute atomic E-state index is 10.8. The fourth-order valence-electron chi connectivity index (χ4n) is 1.75. The van der Waals surface area contributed by atoms with Crippen LogP contribution in [0.2, 0.25) is 0 Å². The molecule has 92 valence electrons. The number of nitrogen functional groups attached to an aromatic ring is 1. The van der Waals surface area contributed by atoms with Crippen LogP contribution in [0.15, 0.2) is 48.5 Å². The van der Waals surface area contributed by atoms with Gasteiger partial charge in [-0.25, -0.2) is 0 Å². The van der Waals surface area contributed by atoms with Crippen LogP contribution in [0.1, 0.15) is 10.9 Å². The molecule has 0 amide bonds. The van der Waals surface area contributed by atoms with Crippen LogP contribution in [-0.4, -0.2) is 11.1 Å². The highest BCUT2D eigenvalue weighted by molar-refractivity contribution is 6.30. The van der Waals surface area contributed by atoms with Crippen molar-refractivity contribution in [1.82, 2.24) is 0 Å². The Kier molecular flexibility index (Phi) is 3.53. The van der Waals surface area contributed by atoms with Gasteiger partial charge in [0.25, 0.3) is 0 Å². The predicted molar refractivity (Wildman–Crippen MR) is 72.5 cm³/mol. The zero-order valence-corrected chi connectivity index (χ0v) is 10.3. The van der Waals surface area contributed by atoms with Crippen molar-refractivity contribution in [1.29, 1.82) is 0 Å². The van der Waals surface area contributed by atoms with E-state index in [0.29, 0.717) is 11.3 Å². The number of carboxylic acids is 1. The Morgan fingerprint density at radius 3 is 2.33 bits per heavy atom. The van der Waals surface area contributed by atoms with Gasteiger partial charge in [-0.2, -0.15) is 0 Å². The summed E-state index contributed by atoms with van der Waals surface area (Å²) < 4.78 is 0. The van der Waals surface area contributed by atoms with E-state index in [-0.39, 0.29) is 0 Å². The van der Waals surface area contributed by atoms with E-state index >= 15 is 0 Å². The van der Waals surface area contributed by atoms with Gasteiger partial charge in [-0.3, -0.25) is 4.79 Å². The van der Waals surface area contributed by atoms with Crippen molar-refractivity contribution in [2.45, 2.75) is 5.38 Å². The van der Waals surface area contributed by atoms with Crippen LogP contribution in [0.3, 0.4) is 0 Å². The number of aliphatic carboxylic acids is 1. The molecule has 0 bridgehead atoms. The monoisotopic (exact) mass is 261 g/mol. The second kappa shape index (κ2) is 5.10. The van der Waals surface area contributed by atoms with Crippen LogP contribution in [0.4, 0.5) is 5.69 Å². The van der Waals surface area contributed by atoms with E-state index in [9.17, 15) is 4.79 Å². The number of anilines is 1. The third kappa shape index (κ3) is 2.46. The number of rotatable bonds is 3. The van der Waals surface area contributed by atoms with Crippen molar-refractivity contribution < 1.29 is 9.90 Å². The van der Waals surface area contributed by atoms with Crippen molar-refractivity contribution in [2.75, 3.05) is 5.73 Å². The first-order chi connectivity index (χ1) is 8.59. The van der Waals surface area contributed by atoms with Gasteiger partial charge in [0.05, 0.1) is 0 Å². The van der Waals surface area contributed by atoms with Gasteiger partial charge in [0.2, 0.25) is 0 Å². The molecule has 3 nitrogen and oxygen atoms in total. The second-order valence-electron chi connectivity index (χ2n) is 3.91. The lowest BCUT2D eigenvalue weighted by molar-refractivity contribution is -0.136. The summed E-state index contributed by atoms with van der Waals surface area (Å²) >= 11 is 5.77. The number of carbonyl (C=O) groups is 1. The van der Waals surface area contributed by atoms with Gasteiger partial charge in [-0.05, 0) is 17.2 Å². The van der Waals surface area contributed by atoms with Gasteiger partial charge in [-0.1, -0.05) is 42.5 Å². The molecule has 0 fully saturated rings. The molecule has 1 atom stereocenters. The van der Waals surface area contributed by atoms with E-state index in [2.05, 4.69) is 0 Å². The smallest absolute Gasteiger partial charge is 0.326 e. The number of carboxylic acid groups (broad SMARTS) is 1. The Balaban J connectivity index is 2.40. The van der Waals surface area contributed by atoms with E-state index in [0.717, 1.165) is 11.1 Å². The van der Waals surface area contributed by atoms with Gasteiger partial charge >= 0.3 is 5.97 Å². The molecule has 0 aliphatic heterocycles. The highest BCUT2D eigenvalue weighted by atomic mass is 35.5. The molecule has 0 radical (unpaired) electrons. The maximum atomic E-state index is 10.8. The third-order valence-electron chi connectivity index (χ3n) is 2.68. The Bertz CT molecular complexity index is 569. The molecule has 4 heteroatoms. The summed E-state index contributed by atoms with van der Waals surface area (Å²) in [5, 5.41) is 7.74. The highest BCUT2D eigenvalue weighted by Crippen LogP contribution is 2.30. The van der Waals surface area contributed by atoms with E-state index in [4.69, 9.17) is 22.4 Å². The van der Waals surface area contributed by atoms with E-state index in [1.807, 2.05) is 36.4 Å². The molecule has 3 N–H and O–H groups in total. The summed E-state index contributed by atoms with van der Waals surface area (Å²) in [6.07, 6.45) is 0. The minimum absolute atomic E-state index is 0.388. The molecule has 0 aliphatic rings. The molecular weight excluding hydrogens is 250 g/mol. The van der Waals surface area contributed by atoms with E-state index < -0.39 is 11.3 Å². The molecule has 0 spiro atoms. The third-order valence-corrected chi connectivity index (χ3v) is 3.11. The van der Waals surface area contributed by atoms with Crippen molar-refractivity contribution in [3.05, 3.63) is 54.1 Å². The molecule has 0 aliphatic carbocycles. The average molecular weight is 262 g/mol. The van der Waals surface area contributed by atoms with Gasteiger partial charge in [-0.15, -0.1) is 11.6 Å². The van der Waals surface area contributed by atoms with Crippen molar-refractivity contribution in [3.63, 3.8) is 0 Å². The average Bonchev–Trinajstić information content (AvgIpc) is 2.38. The fraction of sp³-hybridized carbons (Fsp3) is 0.0714. The SMILES string of the molecule is Nc1cc(-c2ccccc2)ccc1C(Cl)C(=O)O. The van der Waals surface area contributed by atoms with Gasteiger partial charge in [0.1, 0.15) is 0 Å². The van der Waals surface area contributed by atoms with Crippen LogP contribution < -0.4 is 5.73 Å². The summed E-state index contributed by atoms with van der Waals surface area (Å²) in [5.41, 5.74) is 8.62. The Morgan fingerprint density at radius 1 is 1.11 bits per heavy atom. The number of benzene rings is 2. The number of alkyl halides is 1. The second-order valence-corrected chi connectivity index (χ2v) is 4.35. The van der Waals surface area contributed by atoms with Crippen molar-refractivity contribution in [2.24, 2.45) is 0 Å². The molecule has 1 unspecified atom stereocenters. The molecule has 2 rings (SSSR count). The number of halogens is 1. The first kappa shape index (κ1) is 12.5. The lowest BCUT2D eigenvalue weighted by Crippen LogP contribution is -2.07. The van der Waals surface area contributed by atoms with Gasteiger partial charge in [0.15, 0.2) is 5.38 Å². The molecule has 0 aromatic heterocycles. The van der Waals surface area contributed by atoms with Crippen molar-refractivity contribution >= 4 is 23.3 Å². The van der Waals surface area contributed by atoms with Gasteiger partial charge < -0.3 is 10.8 Å². The zero-order chi connectivity index (χ0) is 13.1. The largest absolute Gasteiger partial charge is 0.480 e. The van der Waals surface area contributed by atoms with Gasteiger partial charge in [0, 0.05) is 11.3 Å². The lowest BCUT2D eigenvalue weighted by Gasteiger charge is -2.10. The summed E-state index contributed by atoms with van der Waals surface area (Å²) in [5.74, 6) is -1.10. The molecule has 0 heterocycles. The summed E-state index contributed by atoms with van der Waals surface area (Å²) in [7, 11) is 0. The summed E-state index contributed by atoms with van der Waals surface area (Å²) in [6, 6.07) is 14.9. The predicted octanol–water partition coefficient (Wildman–Crippen LogP) is 3.30. The van der Waals surface area contributed by atoms with E-state index in [1.165, 1.54) is 0 Å². The lowest BCUT2D eigenvalue weighted by atomic mass is 10.0. The highest BCUT2D eigenvalue weighted by Gasteiger charge is 2.19. The molecule has 2 aromatic rings. The Hall–Kier alpha value is -2.00. The quantitative estimate of drug-likeness (QED) is 0.658. The minimum Gasteiger partial charge on any atom is -0.480 e. The topological polar surface area (TPSA) is 63.3 Å². The molecule has 18 heavy (non-hydrogen) atoms. The maximum Gasteiger partial charge on any atom is 0.326 e. The van der Waals surface area contributed by atoms with Crippen molar-refractivity contribution in [3.8, 4) is 11.1 Å². The molecule has 0 saturated carbocycles. The van der Waals surface area contributed by atoms with Crippen LogP contribution >= 0.6 is 11.6 Å². The number of nitrogens with two attached hydrogens (primary N) is 1. The zero-order valence-electron chi connectivity index (χ0n) is 9.51. The summed E-state index contributed by atoms with van der Waals surface area (Å²) in [6.45, 7) is 0. The molecular formula is C14H12ClNO2. The summed E-state index contributed by atoms with van der Waals surface area (Å²) in [4.78, 5) is 10.8. The molecule has 0 saturated heterocycles. The standard InChI is InChI=1S/C14H12ClNO2/c15-13(14(17)18)11-7-6-10(8-12(11)16)9-4-2-1-3-5-9/h1-8,13H,16H2,(H,17,18). The number of hydrogen-bond acceptors (Lipinski definition) is 2. The first-order valence-electron chi connectivity index (χ1n) is 5.41. The van der Waals surface area contributed by atoms with Crippen LogP contribution in [-0.2, 0) is 4.79 Å². The van der Waals surface area contributed by atoms with Crippen LogP contribution in [0.5, 0.6) is 0 Å². The number of hydrogen-bond donors (Lipinski definition) is 2. The molecule has 2 aromatic carbocycles.